The Morgan fingerprint density at radius 3 is 2.67 bits per heavy atom. The third-order valence-corrected chi connectivity index (χ3v) is 1.76. The van der Waals surface area contributed by atoms with Gasteiger partial charge >= 0.3 is 0 Å². The summed E-state index contributed by atoms with van der Waals surface area (Å²) in [5, 5.41) is 9.47. The van der Waals surface area contributed by atoms with Gasteiger partial charge in [0.1, 0.15) is 0 Å². The first kappa shape index (κ1) is 9.00. The number of hydrogen-bond donors (Lipinski definition) is 2. The minimum atomic E-state index is -1.00. The Morgan fingerprint density at radius 1 is 1.58 bits per heavy atom. The summed E-state index contributed by atoms with van der Waals surface area (Å²) < 4.78 is 0. The van der Waals surface area contributed by atoms with Crippen LogP contribution in [-0.2, 0) is 4.79 Å². The molecule has 0 aromatic carbocycles. The van der Waals surface area contributed by atoms with Crippen molar-refractivity contribution in [3.63, 3.8) is 0 Å². The molecule has 1 aromatic heterocycles. The summed E-state index contributed by atoms with van der Waals surface area (Å²) in [6, 6.07) is 3.46. The van der Waals surface area contributed by atoms with E-state index in [-0.39, 0.29) is 11.7 Å². The van der Waals surface area contributed by atoms with Gasteiger partial charge in [-0.3, -0.25) is 4.79 Å². The zero-order chi connectivity index (χ0) is 9.14. The molecule has 1 rings (SSSR count). The van der Waals surface area contributed by atoms with Gasteiger partial charge < -0.3 is 10.1 Å². The van der Waals surface area contributed by atoms with Crippen LogP contribution in [0.4, 0.5) is 0 Å². The molecule has 0 fully saturated rings. The SMILES string of the molecule is CC(C)C(=O)C(O)c1ccc[nH]1. The quantitative estimate of drug-likeness (QED) is 0.712. The number of rotatable bonds is 3. The Morgan fingerprint density at radius 2 is 2.25 bits per heavy atom. The van der Waals surface area contributed by atoms with Crippen LogP contribution in [0.2, 0.25) is 0 Å². The van der Waals surface area contributed by atoms with Crippen molar-refractivity contribution in [2.24, 2.45) is 5.92 Å². The average Bonchev–Trinajstić information content (AvgIpc) is 2.53. The van der Waals surface area contributed by atoms with E-state index in [1.165, 1.54) is 0 Å². The number of carbonyl (C=O) groups excluding carboxylic acids is 1. The Kier molecular flexibility index (Phi) is 2.65. The lowest BCUT2D eigenvalue weighted by atomic mass is 10.0. The Balaban J connectivity index is 2.72. The molecule has 1 aromatic rings. The number of Topliss-reactive ketones (excluding diaryl/α,β-unsaturated/α-hetero) is 1. The predicted molar refractivity (Wildman–Crippen MR) is 45.6 cm³/mol. The number of H-pyrrole nitrogens is 1. The van der Waals surface area contributed by atoms with E-state index in [9.17, 15) is 9.90 Å². The smallest absolute Gasteiger partial charge is 0.169 e. The van der Waals surface area contributed by atoms with Crippen LogP contribution in [0.3, 0.4) is 0 Å². The summed E-state index contributed by atoms with van der Waals surface area (Å²) in [6.45, 7) is 3.54. The molecule has 0 spiro atoms. The average molecular weight is 167 g/mol. The van der Waals surface area contributed by atoms with E-state index < -0.39 is 6.10 Å². The highest BCUT2D eigenvalue weighted by Crippen LogP contribution is 2.14. The van der Waals surface area contributed by atoms with Gasteiger partial charge in [-0.2, -0.15) is 0 Å². The largest absolute Gasteiger partial charge is 0.379 e. The van der Waals surface area contributed by atoms with E-state index in [2.05, 4.69) is 4.98 Å². The molecule has 2 N–H and O–H groups in total. The second kappa shape index (κ2) is 3.54. The Labute approximate surface area is 71.4 Å². The molecule has 0 saturated carbocycles. The molecule has 66 valence electrons. The van der Waals surface area contributed by atoms with E-state index in [4.69, 9.17) is 0 Å². The number of ketones is 1. The molecule has 0 aliphatic heterocycles. The van der Waals surface area contributed by atoms with Gasteiger partial charge in [0, 0.05) is 12.1 Å². The number of carbonyl (C=O) groups is 1. The number of aromatic amines is 1. The van der Waals surface area contributed by atoms with Crippen molar-refractivity contribution in [2.45, 2.75) is 20.0 Å². The molecule has 0 amide bonds. The van der Waals surface area contributed by atoms with Gasteiger partial charge in [-0.1, -0.05) is 13.8 Å². The summed E-state index contributed by atoms with van der Waals surface area (Å²) >= 11 is 0. The summed E-state index contributed by atoms with van der Waals surface area (Å²) in [4.78, 5) is 14.1. The van der Waals surface area contributed by atoms with Crippen molar-refractivity contribution < 1.29 is 9.90 Å². The van der Waals surface area contributed by atoms with Gasteiger partial charge in [-0.15, -0.1) is 0 Å². The van der Waals surface area contributed by atoms with Crippen LogP contribution in [0.5, 0.6) is 0 Å². The van der Waals surface area contributed by atoms with Gasteiger partial charge in [0.15, 0.2) is 11.9 Å². The van der Waals surface area contributed by atoms with Crippen molar-refractivity contribution in [1.29, 1.82) is 0 Å². The van der Waals surface area contributed by atoms with E-state index in [1.807, 2.05) is 0 Å². The molecule has 0 radical (unpaired) electrons. The molecule has 0 aliphatic rings. The Hall–Kier alpha value is -1.09. The number of hydrogen-bond acceptors (Lipinski definition) is 2. The van der Waals surface area contributed by atoms with Crippen LogP contribution < -0.4 is 0 Å². The summed E-state index contributed by atoms with van der Waals surface area (Å²) in [5.41, 5.74) is 0.564. The minimum Gasteiger partial charge on any atom is -0.379 e. The van der Waals surface area contributed by atoms with E-state index in [0.29, 0.717) is 5.69 Å². The number of aromatic nitrogens is 1. The first-order chi connectivity index (χ1) is 5.63. The third-order valence-electron chi connectivity index (χ3n) is 1.76. The Bertz CT molecular complexity index is 252. The molecule has 1 atom stereocenters. The number of aliphatic hydroxyl groups excluding tert-OH is 1. The maximum absolute atomic E-state index is 11.3. The second-order valence-electron chi connectivity index (χ2n) is 3.09. The predicted octanol–water partition coefficient (Wildman–Crippen LogP) is 1.27. The molecule has 3 nitrogen and oxygen atoms in total. The standard InChI is InChI=1S/C9H13NO2/c1-6(2)8(11)9(12)7-4-3-5-10-7/h3-6,9-10,12H,1-2H3. The molecule has 0 aliphatic carbocycles. The van der Waals surface area contributed by atoms with Crippen LogP contribution >= 0.6 is 0 Å². The molecule has 12 heavy (non-hydrogen) atoms. The third kappa shape index (κ3) is 1.74. The molecule has 1 heterocycles. The lowest BCUT2D eigenvalue weighted by Crippen LogP contribution is -2.17. The van der Waals surface area contributed by atoms with Crippen molar-refractivity contribution in [3.05, 3.63) is 24.0 Å². The van der Waals surface area contributed by atoms with Gasteiger partial charge in [-0.05, 0) is 12.1 Å². The van der Waals surface area contributed by atoms with Crippen LogP contribution in [-0.4, -0.2) is 15.9 Å². The highest BCUT2D eigenvalue weighted by atomic mass is 16.3. The first-order valence-corrected chi connectivity index (χ1v) is 3.98. The van der Waals surface area contributed by atoms with Crippen LogP contribution in [0.1, 0.15) is 25.6 Å². The summed E-state index contributed by atoms with van der Waals surface area (Å²) in [7, 11) is 0. The van der Waals surface area contributed by atoms with Gasteiger partial charge in [0.2, 0.25) is 0 Å². The molecule has 3 heteroatoms. The second-order valence-corrected chi connectivity index (χ2v) is 3.09. The van der Waals surface area contributed by atoms with E-state index in [0.717, 1.165) is 0 Å². The van der Waals surface area contributed by atoms with Crippen LogP contribution in [0.15, 0.2) is 18.3 Å². The van der Waals surface area contributed by atoms with Crippen molar-refractivity contribution >= 4 is 5.78 Å². The zero-order valence-corrected chi connectivity index (χ0v) is 7.24. The lowest BCUT2D eigenvalue weighted by Gasteiger charge is -2.09. The highest BCUT2D eigenvalue weighted by Gasteiger charge is 2.20. The monoisotopic (exact) mass is 167 g/mol. The first-order valence-electron chi connectivity index (χ1n) is 3.98. The maximum atomic E-state index is 11.3. The number of aliphatic hydroxyl groups is 1. The van der Waals surface area contributed by atoms with E-state index in [1.54, 1.807) is 32.2 Å². The minimum absolute atomic E-state index is 0.136. The van der Waals surface area contributed by atoms with Crippen LogP contribution in [0.25, 0.3) is 0 Å². The zero-order valence-electron chi connectivity index (χ0n) is 7.24. The van der Waals surface area contributed by atoms with Crippen molar-refractivity contribution in [1.82, 2.24) is 4.98 Å². The van der Waals surface area contributed by atoms with Gasteiger partial charge in [0.25, 0.3) is 0 Å². The van der Waals surface area contributed by atoms with E-state index >= 15 is 0 Å². The fourth-order valence-corrected chi connectivity index (χ4v) is 0.983. The molecule has 0 saturated heterocycles. The highest BCUT2D eigenvalue weighted by molar-refractivity contribution is 5.85. The number of nitrogens with one attached hydrogen (secondary N) is 1. The molecular weight excluding hydrogens is 154 g/mol. The normalized spacial score (nSPS) is 13.3. The van der Waals surface area contributed by atoms with Gasteiger partial charge in [0.05, 0.1) is 5.69 Å². The van der Waals surface area contributed by atoms with Crippen LogP contribution in [0, 0.1) is 5.92 Å². The fraction of sp³-hybridized carbons (Fsp3) is 0.444. The summed E-state index contributed by atoms with van der Waals surface area (Å²) in [6.07, 6.45) is 0.687. The van der Waals surface area contributed by atoms with Gasteiger partial charge in [-0.25, -0.2) is 0 Å². The fourth-order valence-electron chi connectivity index (χ4n) is 0.983. The van der Waals surface area contributed by atoms with Crippen molar-refractivity contribution in [2.75, 3.05) is 0 Å². The topological polar surface area (TPSA) is 53.1 Å². The molecular formula is C9H13NO2. The van der Waals surface area contributed by atoms with Crippen molar-refractivity contribution in [3.8, 4) is 0 Å². The molecule has 1 unspecified atom stereocenters. The summed E-state index contributed by atoms with van der Waals surface area (Å²) in [5.74, 6) is -0.291. The lowest BCUT2D eigenvalue weighted by molar-refractivity contribution is -0.130. The maximum Gasteiger partial charge on any atom is 0.169 e. The molecule has 0 bridgehead atoms.